The van der Waals surface area contributed by atoms with Crippen molar-refractivity contribution in [2.24, 2.45) is 0 Å². The standard InChI is InChI=1S/C13H18FNO3S/c1-19(16,17)18-7-3-2-4-10-9-15-13-6-5-11(14)8-12(10)13/h5-6,8,10,15H,2-4,7,9H2,1H3. The van der Waals surface area contributed by atoms with Gasteiger partial charge in [-0.15, -0.1) is 0 Å². The Morgan fingerprint density at radius 3 is 2.95 bits per heavy atom. The average Bonchev–Trinajstić information content (AvgIpc) is 2.70. The first-order valence-corrected chi connectivity index (χ1v) is 8.15. The third-order valence-electron chi connectivity index (χ3n) is 3.24. The predicted octanol–water partition coefficient (Wildman–Crippen LogP) is 2.48. The van der Waals surface area contributed by atoms with Crippen LogP contribution >= 0.6 is 0 Å². The lowest BCUT2D eigenvalue weighted by Crippen LogP contribution is -2.06. The van der Waals surface area contributed by atoms with Crippen LogP contribution < -0.4 is 5.32 Å². The van der Waals surface area contributed by atoms with Crippen LogP contribution in [0, 0.1) is 5.82 Å². The van der Waals surface area contributed by atoms with Crippen molar-refractivity contribution in [2.45, 2.75) is 25.2 Å². The van der Waals surface area contributed by atoms with E-state index in [1.807, 2.05) is 0 Å². The Kier molecular flexibility index (Phi) is 4.42. The molecule has 0 amide bonds. The Morgan fingerprint density at radius 2 is 2.21 bits per heavy atom. The fourth-order valence-corrected chi connectivity index (χ4v) is 2.76. The number of halogens is 1. The van der Waals surface area contributed by atoms with Crippen molar-refractivity contribution >= 4 is 15.8 Å². The molecule has 1 aromatic carbocycles. The second kappa shape index (κ2) is 5.88. The molecule has 6 heteroatoms. The summed E-state index contributed by atoms with van der Waals surface area (Å²) in [6.07, 6.45) is 3.50. The number of hydrogen-bond acceptors (Lipinski definition) is 4. The van der Waals surface area contributed by atoms with Gasteiger partial charge in [-0.2, -0.15) is 8.42 Å². The van der Waals surface area contributed by atoms with Gasteiger partial charge in [-0.1, -0.05) is 6.42 Å². The average molecular weight is 287 g/mol. The highest BCUT2D eigenvalue weighted by molar-refractivity contribution is 7.85. The van der Waals surface area contributed by atoms with Gasteiger partial charge in [-0.05, 0) is 36.6 Å². The minimum absolute atomic E-state index is 0.215. The van der Waals surface area contributed by atoms with E-state index in [1.165, 1.54) is 6.07 Å². The van der Waals surface area contributed by atoms with Gasteiger partial charge in [0.05, 0.1) is 12.9 Å². The van der Waals surface area contributed by atoms with Crippen molar-refractivity contribution in [2.75, 3.05) is 24.7 Å². The van der Waals surface area contributed by atoms with Crippen LogP contribution in [0.3, 0.4) is 0 Å². The monoisotopic (exact) mass is 287 g/mol. The van der Waals surface area contributed by atoms with Crippen LogP contribution in [-0.4, -0.2) is 27.8 Å². The van der Waals surface area contributed by atoms with Gasteiger partial charge < -0.3 is 5.32 Å². The van der Waals surface area contributed by atoms with Gasteiger partial charge in [0.2, 0.25) is 0 Å². The Morgan fingerprint density at radius 1 is 1.42 bits per heavy atom. The van der Waals surface area contributed by atoms with Crippen LogP contribution in [0.15, 0.2) is 18.2 Å². The Bertz CT molecular complexity index is 545. The third-order valence-corrected chi connectivity index (χ3v) is 3.83. The Labute approximate surface area is 113 Å². The lowest BCUT2D eigenvalue weighted by Gasteiger charge is -2.09. The van der Waals surface area contributed by atoms with Gasteiger partial charge in [-0.3, -0.25) is 4.18 Å². The SMILES string of the molecule is CS(=O)(=O)OCCCCC1CNc2ccc(F)cc21. The van der Waals surface area contributed by atoms with Crippen LogP contribution in [0.1, 0.15) is 30.7 Å². The maximum Gasteiger partial charge on any atom is 0.264 e. The van der Waals surface area contributed by atoms with Crippen molar-refractivity contribution in [1.29, 1.82) is 0 Å². The number of rotatable bonds is 6. The number of nitrogens with one attached hydrogen (secondary N) is 1. The lowest BCUT2D eigenvalue weighted by molar-refractivity contribution is 0.309. The normalized spacial score (nSPS) is 18.1. The van der Waals surface area contributed by atoms with Crippen LogP contribution in [0.2, 0.25) is 0 Å². The molecule has 0 fully saturated rings. The minimum atomic E-state index is -3.34. The summed E-state index contributed by atoms with van der Waals surface area (Å²) in [6, 6.07) is 4.79. The molecule has 1 heterocycles. The molecular weight excluding hydrogens is 269 g/mol. The maximum atomic E-state index is 13.2. The third kappa shape index (κ3) is 4.18. The molecule has 1 unspecified atom stereocenters. The molecule has 1 aliphatic rings. The summed E-state index contributed by atoms with van der Waals surface area (Å²) in [7, 11) is -3.34. The molecule has 0 radical (unpaired) electrons. The summed E-state index contributed by atoms with van der Waals surface area (Å²) >= 11 is 0. The van der Waals surface area contributed by atoms with Crippen molar-refractivity contribution in [3.05, 3.63) is 29.6 Å². The maximum absolute atomic E-state index is 13.2. The number of benzene rings is 1. The molecule has 0 spiro atoms. The second-order valence-corrected chi connectivity index (χ2v) is 6.48. The lowest BCUT2D eigenvalue weighted by atomic mass is 9.95. The number of anilines is 1. The summed E-state index contributed by atoms with van der Waals surface area (Å²) in [6.45, 7) is 1.03. The first-order chi connectivity index (χ1) is 8.96. The highest BCUT2D eigenvalue weighted by Crippen LogP contribution is 2.34. The van der Waals surface area contributed by atoms with Crippen molar-refractivity contribution < 1.29 is 17.0 Å². The smallest absolute Gasteiger partial charge is 0.264 e. The van der Waals surface area contributed by atoms with Crippen LogP contribution in [-0.2, 0) is 14.3 Å². The van der Waals surface area contributed by atoms with Crippen LogP contribution in [0.5, 0.6) is 0 Å². The molecule has 1 atom stereocenters. The van der Waals surface area contributed by atoms with Gasteiger partial charge in [-0.25, -0.2) is 4.39 Å². The molecule has 4 nitrogen and oxygen atoms in total. The van der Waals surface area contributed by atoms with E-state index in [1.54, 1.807) is 12.1 Å². The van der Waals surface area contributed by atoms with Gasteiger partial charge in [0.15, 0.2) is 0 Å². The van der Waals surface area contributed by atoms with E-state index in [-0.39, 0.29) is 12.4 Å². The molecule has 1 N–H and O–H groups in total. The van der Waals surface area contributed by atoms with E-state index in [2.05, 4.69) is 9.50 Å². The largest absolute Gasteiger partial charge is 0.384 e. The second-order valence-electron chi connectivity index (χ2n) is 4.83. The van der Waals surface area contributed by atoms with E-state index in [9.17, 15) is 12.8 Å². The quantitative estimate of drug-likeness (QED) is 0.645. The van der Waals surface area contributed by atoms with Crippen LogP contribution in [0.25, 0.3) is 0 Å². The summed E-state index contributed by atoms with van der Waals surface area (Å²) in [5, 5.41) is 3.25. The van der Waals surface area contributed by atoms with Crippen molar-refractivity contribution in [3.63, 3.8) is 0 Å². The van der Waals surface area contributed by atoms with E-state index < -0.39 is 10.1 Å². The number of fused-ring (bicyclic) bond motifs is 1. The molecule has 19 heavy (non-hydrogen) atoms. The molecule has 0 saturated carbocycles. The zero-order valence-corrected chi connectivity index (χ0v) is 11.7. The van der Waals surface area contributed by atoms with Crippen molar-refractivity contribution in [3.8, 4) is 0 Å². The van der Waals surface area contributed by atoms with E-state index in [4.69, 9.17) is 0 Å². The molecule has 0 aliphatic carbocycles. The fourth-order valence-electron chi connectivity index (χ4n) is 2.34. The molecule has 2 rings (SSSR count). The zero-order chi connectivity index (χ0) is 13.9. The van der Waals surface area contributed by atoms with Gasteiger partial charge in [0.25, 0.3) is 10.1 Å². The summed E-state index contributed by atoms with van der Waals surface area (Å²) in [4.78, 5) is 0. The summed E-state index contributed by atoms with van der Waals surface area (Å²) in [5.74, 6) is 0.0804. The zero-order valence-electron chi connectivity index (χ0n) is 10.9. The first-order valence-electron chi connectivity index (χ1n) is 6.33. The number of unbranched alkanes of at least 4 members (excludes halogenated alkanes) is 1. The molecule has 0 saturated heterocycles. The Balaban J connectivity index is 1.78. The Hall–Kier alpha value is -1.14. The van der Waals surface area contributed by atoms with Crippen molar-refractivity contribution in [1.82, 2.24) is 0 Å². The van der Waals surface area contributed by atoms with Gasteiger partial charge in [0.1, 0.15) is 5.82 Å². The molecule has 0 aromatic heterocycles. The molecule has 1 aliphatic heterocycles. The van der Waals surface area contributed by atoms with E-state index >= 15 is 0 Å². The minimum Gasteiger partial charge on any atom is -0.384 e. The molecule has 0 bridgehead atoms. The summed E-state index contributed by atoms with van der Waals surface area (Å²) in [5.41, 5.74) is 2.02. The first kappa shape index (κ1) is 14.3. The van der Waals surface area contributed by atoms with Gasteiger partial charge in [0, 0.05) is 18.2 Å². The molecule has 1 aromatic rings. The highest BCUT2D eigenvalue weighted by atomic mass is 32.2. The topological polar surface area (TPSA) is 55.4 Å². The highest BCUT2D eigenvalue weighted by Gasteiger charge is 2.21. The summed E-state index contributed by atoms with van der Waals surface area (Å²) < 4.78 is 39.4. The van der Waals surface area contributed by atoms with E-state index in [0.29, 0.717) is 12.3 Å². The fraction of sp³-hybridized carbons (Fsp3) is 0.538. The van der Waals surface area contributed by atoms with Gasteiger partial charge >= 0.3 is 0 Å². The van der Waals surface area contributed by atoms with E-state index in [0.717, 1.165) is 36.9 Å². The molecule has 106 valence electrons. The predicted molar refractivity (Wildman–Crippen MR) is 72.3 cm³/mol. The molecular formula is C13H18FNO3S. The number of hydrogen-bond donors (Lipinski definition) is 1. The van der Waals surface area contributed by atoms with Crippen LogP contribution in [0.4, 0.5) is 10.1 Å².